The Kier molecular flexibility index (Phi) is 9.09. The van der Waals surface area contributed by atoms with Crippen molar-refractivity contribution in [3.8, 4) is 32.6 Å². The van der Waals surface area contributed by atoms with E-state index in [0.717, 1.165) is 5.56 Å². The van der Waals surface area contributed by atoms with Crippen LogP contribution in [0, 0.1) is 5.82 Å². The molecule has 1 saturated heterocycles. The Balaban J connectivity index is 1.51. The molecular formula is C29H34Cl2FN3O5S. The van der Waals surface area contributed by atoms with Gasteiger partial charge in [-0.25, -0.2) is 9.18 Å². The topological polar surface area (TPSA) is 83.0 Å². The van der Waals surface area contributed by atoms with Crippen molar-refractivity contribution in [2.45, 2.75) is 85.0 Å². The van der Waals surface area contributed by atoms with E-state index < -0.39 is 29.3 Å². The van der Waals surface area contributed by atoms with Gasteiger partial charge in [0.15, 0.2) is 11.6 Å². The minimum Gasteiger partial charge on any atom is -0.489 e. The molecule has 1 aliphatic heterocycles. The number of halogens is 3. The summed E-state index contributed by atoms with van der Waals surface area (Å²) in [5.41, 5.74) is -0.503. The molecule has 2 aromatic carbocycles. The fourth-order valence-electron chi connectivity index (χ4n) is 4.49. The number of rotatable bonds is 7. The van der Waals surface area contributed by atoms with Gasteiger partial charge in [0, 0.05) is 17.2 Å². The average molecular weight is 627 g/mol. The Bertz CT molecular complexity index is 1430. The number of aromatic nitrogens is 2. The molecule has 2 atom stereocenters. The summed E-state index contributed by atoms with van der Waals surface area (Å²) in [6, 6.07) is 7.50. The molecule has 1 aromatic heterocycles. The standard InChI is InChI=1S/C29H34Cl2FN3O5S/c1-15(2)38-23-10-9-17(11-20(23)31)25-33-34-26(41-25)18-12-21(32)24(13-19(18)30)37-14-22-16(3)39-29(7,8)35(22)27(36)40-28(4,5)6/h9-13,15-16,22H,14H2,1-8H3/t16?,22-/m0/s1. The van der Waals surface area contributed by atoms with Crippen LogP contribution in [0.4, 0.5) is 9.18 Å². The van der Waals surface area contributed by atoms with Crippen molar-refractivity contribution in [3.63, 3.8) is 0 Å². The largest absolute Gasteiger partial charge is 0.489 e. The summed E-state index contributed by atoms with van der Waals surface area (Å²) in [4.78, 5) is 14.5. The van der Waals surface area contributed by atoms with E-state index in [9.17, 15) is 4.79 Å². The Morgan fingerprint density at radius 1 is 1.12 bits per heavy atom. The fourth-order valence-corrected chi connectivity index (χ4v) is 5.88. The van der Waals surface area contributed by atoms with Crippen LogP contribution in [-0.2, 0) is 9.47 Å². The molecule has 4 rings (SSSR count). The molecule has 0 aliphatic carbocycles. The smallest absolute Gasteiger partial charge is 0.413 e. The summed E-state index contributed by atoms with van der Waals surface area (Å²) >= 11 is 14.2. The first-order chi connectivity index (χ1) is 19.1. The second kappa shape index (κ2) is 11.9. The monoisotopic (exact) mass is 625 g/mol. The van der Waals surface area contributed by atoms with Gasteiger partial charge < -0.3 is 18.9 Å². The normalized spacial score (nSPS) is 18.6. The van der Waals surface area contributed by atoms with Gasteiger partial charge in [-0.15, -0.1) is 10.2 Å². The minimum atomic E-state index is -0.933. The second-order valence-corrected chi connectivity index (χ2v) is 13.3. The molecule has 1 fully saturated rings. The van der Waals surface area contributed by atoms with Crippen LogP contribution in [0.3, 0.4) is 0 Å². The summed E-state index contributed by atoms with van der Waals surface area (Å²) in [5, 5.41) is 10.2. The Morgan fingerprint density at radius 3 is 2.44 bits per heavy atom. The van der Waals surface area contributed by atoms with Crippen LogP contribution in [0.5, 0.6) is 11.5 Å². The van der Waals surface area contributed by atoms with Crippen LogP contribution >= 0.6 is 34.5 Å². The lowest BCUT2D eigenvalue weighted by atomic mass is 10.1. The van der Waals surface area contributed by atoms with Crippen molar-refractivity contribution in [1.29, 1.82) is 0 Å². The number of hydrogen-bond donors (Lipinski definition) is 0. The molecule has 0 saturated carbocycles. The third kappa shape index (κ3) is 7.23. The Hall–Kier alpha value is -2.66. The molecule has 2 heterocycles. The number of ether oxygens (including phenoxy) is 4. The van der Waals surface area contributed by atoms with Gasteiger partial charge >= 0.3 is 6.09 Å². The molecule has 41 heavy (non-hydrogen) atoms. The van der Waals surface area contributed by atoms with E-state index >= 15 is 4.39 Å². The zero-order valence-electron chi connectivity index (χ0n) is 24.3. The summed E-state index contributed by atoms with van der Waals surface area (Å²) in [7, 11) is 0. The number of benzene rings is 2. The van der Waals surface area contributed by atoms with Gasteiger partial charge in [0.05, 0.1) is 28.3 Å². The van der Waals surface area contributed by atoms with Crippen molar-refractivity contribution in [3.05, 3.63) is 46.2 Å². The number of carbonyl (C=O) groups is 1. The van der Waals surface area contributed by atoms with E-state index in [-0.39, 0.29) is 29.6 Å². The molecule has 0 spiro atoms. The minimum absolute atomic E-state index is 0.0128. The molecule has 0 bridgehead atoms. The maximum Gasteiger partial charge on any atom is 0.413 e. The molecule has 0 radical (unpaired) electrons. The SMILES string of the molecule is CC(C)Oc1ccc(-c2nnc(-c3cc(F)c(OC[C@H]4C(C)OC(C)(C)N4C(=O)OC(C)(C)C)cc3Cl)s2)cc1Cl. The quantitative estimate of drug-likeness (QED) is 0.261. The Morgan fingerprint density at radius 2 is 1.80 bits per heavy atom. The van der Waals surface area contributed by atoms with E-state index in [1.54, 1.807) is 46.8 Å². The molecular weight excluding hydrogens is 592 g/mol. The van der Waals surface area contributed by atoms with Gasteiger partial charge in [0.2, 0.25) is 0 Å². The van der Waals surface area contributed by atoms with Crippen LogP contribution in [0.2, 0.25) is 10.0 Å². The third-order valence-electron chi connectivity index (χ3n) is 6.15. The molecule has 3 aromatic rings. The predicted octanol–water partition coefficient (Wildman–Crippen LogP) is 8.24. The van der Waals surface area contributed by atoms with Crippen LogP contribution in [-0.4, -0.2) is 57.4 Å². The van der Waals surface area contributed by atoms with Gasteiger partial charge in [-0.2, -0.15) is 0 Å². The molecule has 222 valence electrons. The van der Waals surface area contributed by atoms with Crippen molar-refractivity contribution in [1.82, 2.24) is 15.1 Å². The zero-order chi connectivity index (χ0) is 30.3. The number of hydrogen-bond acceptors (Lipinski definition) is 8. The first kappa shape index (κ1) is 31.3. The lowest BCUT2D eigenvalue weighted by molar-refractivity contribution is -0.0760. The van der Waals surface area contributed by atoms with Gasteiger partial charge in [-0.1, -0.05) is 34.5 Å². The Labute approximate surface area is 253 Å². The first-order valence-corrected chi connectivity index (χ1v) is 14.8. The highest BCUT2D eigenvalue weighted by atomic mass is 35.5. The van der Waals surface area contributed by atoms with Crippen LogP contribution in [0.1, 0.15) is 55.4 Å². The number of nitrogens with zero attached hydrogens (tertiary/aromatic N) is 3. The summed E-state index contributed by atoms with van der Waals surface area (Å²) in [6.07, 6.45) is -0.930. The van der Waals surface area contributed by atoms with Gasteiger partial charge in [0.1, 0.15) is 33.7 Å². The first-order valence-electron chi connectivity index (χ1n) is 13.2. The molecule has 1 amide bonds. The van der Waals surface area contributed by atoms with Crippen molar-refractivity contribution in [2.75, 3.05) is 6.61 Å². The molecule has 8 nitrogen and oxygen atoms in total. The molecule has 12 heteroatoms. The molecule has 1 unspecified atom stereocenters. The summed E-state index contributed by atoms with van der Waals surface area (Å²) < 4.78 is 38.4. The highest BCUT2D eigenvalue weighted by molar-refractivity contribution is 7.18. The van der Waals surface area contributed by atoms with Crippen LogP contribution < -0.4 is 9.47 Å². The predicted molar refractivity (Wildman–Crippen MR) is 159 cm³/mol. The van der Waals surface area contributed by atoms with Crippen LogP contribution in [0.15, 0.2) is 30.3 Å². The van der Waals surface area contributed by atoms with E-state index in [4.69, 9.17) is 42.1 Å². The van der Waals surface area contributed by atoms with E-state index in [1.807, 2.05) is 26.8 Å². The summed E-state index contributed by atoms with van der Waals surface area (Å²) in [6.45, 7) is 14.6. The van der Waals surface area contributed by atoms with Crippen molar-refractivity contribution in [2.24, 2.45) is 0 Å². The fraction of sp³-hybridized carbons (Fsp3) is 0.483. The van der Waals surface area contributed by atoms with Gasteiger partial charge in [-0.05, 0) is 79.7 Å². The van der Waals surface area contributed by atoms with Gasteiger partial charge in [0.25, 0.3) is 0 Å². The van der Waals surface area contributed by atoms with Gasteiger partial charge in [-0.3, -0.25) is 4.90 Å². The lowest BCUT2D eigenvalue weighted by Crippen LogP contribution is -2.52. The highest BCUT2D eigenvalue weighted by Crippen LogP contribution is 2.39. The van der Waals surface area contributed by atoms with Crippen LogP contribution in [0.25, 0.3) is 21.1 Å². The zero-order valence-corrected chi connectivity index (χ0v) is 26.6. The number of amides is 1. The van der Waals surface area contributed by atoms with E-state index in [1.165, 1.54) is 28.4 Å². The maximum atomic E-state index is 15.3. The average Bonchev–Trinajstić information content (AvgIpc) is 3.41. The second-order valence-electron chi connectivity index (χ2n) is 11.5. The number of carbonyl (C=O) groups excluding carboxylic acids is 1. The van der Waals surface area contributed by atoms with E-state index in [2.05, 4.69) is 10.2 Å². The van der Waals surface area contributed by atoms with Crippen molar-refractivity contribution >= 4 is 40.6 Å². The molecule has 1 aliphatic rings. The highest BCUT2D eigenvalue weighted by Gasteiger charge is 2.50. The maximum absolute atomic E-state index is 15.3. The third-order valence-corrected chi connectivity index (χ3v) is 7.76. The van der Waals surface area contributed by atoms with Crippen molar-refractivity contribution < 1.29 is 28.1 Å². The lowest BCUT2D eigenvalue weighted by Gasteiger charge is -2.35. The van der Waals surface area contributed by atoms with E-state index in [0.29, 0.717) is 26.4 Å². The summed E-state index contributed by atoms with van der Waals surface area (Å²) in [5.74, 6) is -0.113. The molecule has 0 N–H and O–H groups in total.